The minimum absolute atomic E-state index is 0.671. The lowest BCUT2D eigenvalue weighted by atomic mass is 9.84. The molecule has 0 spiro atoms. The van der Waals surface area contributed by atoms with Gasteiger partial charge in [-0.05, 0) is 0 Å². The van der Waals surface area contributed by atoms with Gasteiger partial charge in [-0.3, -0.25) is 4.79 Å². The third-order valence-corrected chi connectivity index (χ3v) is 4.57. The molecule has 0 bridgehead atoms. The molecule has 2 rings (SSSR count). The van der Waals surface area contributed by atoms with Crippen molar-refractivity contribution < 1.29 is 54.8 Å². The highest BCUT2D eigenvalue weighted by molar-refractivity contribution is 5.66. The first kappa shape index (κ1) is 21.4. The Balaban J connectivity index is 2.23. The number of esters is 1. The van der Waals surface area contributed by atoms with E-state index in [0.717, 1.165) is 6.92 Å². The standard InChI is InChI=1S/C14H25NO11/c1-3(17)24-12-10(22)8(20)9(21)11(23)13(12)26-14-5(15)7(19)6(18)4(2-16)25-14/h4-14,16,18-23H,2,15H2,1H3/t4-,5-,6-,7-,8+,9-,10-,11-,12+,13+,14+/m1/s1. The van der Waals surface area contributed by atoms with Crippen LogP contribution in [0.15, 0.2) is 0 Å². The molecule has 1 aliphatic heterocycles. The number of nitrogens with two attached hydrogens (primary N) is 1. The highest BCUT2D eigenvalue weighted by Gasteiger charge is 2.54. The highest BCUT2D eigenvalue weighted by Crippen LogP contribution is 2.30. The molecule has 9 N–H and O–H groups in total. The van der Waals surface area contributed by atoms with Crippen LogP contribution in [0, 0.1) is 0 Å². The fraction of sp³-hybridized carbons (Fsp3) is 0.929. The summed E-state index contributed by atoms with van der Waals surface area (Å²) in [7, 11) is 0. The normalized spacial score (nSPS) is 49.7. The summed E-state index contributed by atoms with van der Waals surface area (Å²) >= 11 is 0. The predicted molar refractivity (Wildman–Crippen MR) is 80.2 cm³/mol. The lowest BCUT2D eigenvalue weighted by Gasteiger charge is -2.47. The second kappa shape index (κ2) is 8.39. The molecule has 152 valence electrons. The average molecular weight is 383 g/mol. The van der Waals surface area contributed by atoms with E-state index in [1.165, 1.54) is 0 Å². The molecule has 26 heavy (non-hydrogen) atoms. The van der Waals surface area contributed by atoms with Gasteiger partial charge in [-0.15, -0.1) is 0 Å². The van der Waals surface area contributed by atoms with Gasteiger partial charge in [0, 0.05) is 6.92 Å². The van der Waals surface area contributed by atoms with Gasteiger partial charge in [0.2, 0.25) is 0 Å². The molecule has 1 aliphatic carbocycles. The van der Waals surface area contributed by atoms with Crippen molar-refractivity contribution in [2.24, 2.45) is 5.73 Å². The number of aliphatic hydroxyl groups excluding tert-OH is 7. The second-order valence-corrected chi connectivity index (χ2v) is 6.42. The SMILES string of the molecule is CC(=O)O[C@H]1[C@H](O)[C@@H](O)[C@@H](O)[C@@H](O)[C@@H]1O[C@@H]1O[C@H](CO)[C@@H](O)[C@H](O)[C@H]1N. The van der Waals surface area contributed by atoms with Gasteiger partial charge in [-0.2, -0.15) is 0 Å². The van der Waals surface area contributed by atoms with Crippen molar-refractivity contribution in [2.75, 3.05) is 6.61 Å². The first-order valence-corrected chi connectivity index (χ1v) is 8.03. The predicted octanol–water partition coefficient (Wildman–Crippen LogP) is -5.47. The maximum absolute atomic E-state index is 11.3. The molecule has 0 aromatic carbocycles. The van der Waals surface area contributed by atoms with E-state index < -0.39 is 79.8 Å². The Morgan fingerprint density at radius 3 is 1.96 bits per heavy atom. The van der Waals surface area contributed by atoms with E-state index >= 15 is 0 Å². The zero-order valence-corrected chi connectivity index (χ0v) is 13.9. The smallest absolute Gasteiger partial charge is 0.303 e. The molecular formula is C14H25NO11. The van der Waals surface area contributed by atoms with Gasteiger partial charge in [0.1, 0.15) is 48.8 Å². The number of rotatable bonds is 4. The summed E-state index contributed by atoms with van der Waals surface area (Å²) in [4.78, 5) is 11.3. The average Bonchev–Trinajstić information content (AvgIpc) is 2.60. The Morgan fingerprint density at radius 2 is 1.46 bits per heavy atom. The van der Waals surface area contributed by atoms with Crippen molar-refractivity contribution in [3.63, 3.8) is 0 Å². The molecule has 0 unspecified atom stereocenters. The van der Waals surface area contributed by atoms with Crippen LogP contribution in [0.1, 0.15) is 6.92 Å². The van der Waals surface area contributed by atoms with E-state index in [1.54, 1.807) is 0 Å². The molecule has 11 atom stereocenters. The Hall–Kier alpha value is -0.930. The molecule has 12 heteroatoms. The van der Waals surface area contributed by atoms with E-state index in [1.807, 2.05) is 0 Å². The zero-order chi connectivity index (χ0) is 19.8. The van der Waals surface area contributed by atoms with Crippen LogP contribution >= 0.6 is 0 Å². The molecule has 0 amide bonds. The molecule has 1 saturated heterocycles. The summed E-state index contributed by atoms with van der Waals surface area (Å²) in [5, 5.41) is 68.7. The molecule has 1 saturated carbocycles. The van der Waals surface area contributed by atoms with Crippen LogP contribution in [0.5, 0.6) is 0 Å². The number of aliphatic hydroxyl groups is 7. The van der Waals surface area contributed by atoms with Crippen LogP contribution in [0.25, 0.3) is 0 Å². The molecule has 12 nitrogen and oxygen atoms in total. The van der Waals surface area contributed by atoms with Crippen molar-refractivity contribution in [3.8, 4) is 0 Å². The summed E-state index contributed by atoms with van der Waals surface area (Å²) < 4.78 is 15.6. The maximum Gasteiger partial charge on any atom is 0.303 e. The van der Waals surface area contributed by atoms with Gasteiger partial charge in [-0.1, -0.05) is 0 Å². The van der Waals surface area contributed by atoms with Crippen molar-refractivity contribution in [3.05, 3.63) is 0 Å². The van der Waals surface area contributed by atoms with Crippen molar-refractivity contribution in [1.29, 1.82) is 0 Å². The van der Waals surface area contributed by atoms with Crippen LogP contribution in [0.3, 0.4) is 0 Å². The van der Waals surface area contributed by atoms with E-state index in [0.29, 0.717) is 0 Å². The van der Waals surface area contributed by atoms with Gasteiger partial charge in [0.25, 0.3) is 0 Å². The third-order valence-electron chi connectivity index (χ3n) is 4.57. The summed E-state index contributed by atoms with van der Waals surface area (Å²) in [6, 6.07) is -1.32. The quantitative estimate of drug-likeness (QED) is 0.214. The maximum atomic E-state index is 11.3. The van der Waals surface area contributed by atoms with E-state index in [2.05, 4.69) is 0 Å². The van der Waals surface area contributed by atoms with Crippen molar-refractivity contribution in [1.82, 2.24) is 0 Å². The third kappa shape index (κ3) is 3.99. The number of hydrogen-bond donors (Lipinski definition) is 8. The molecule has 1 heterocycles. The first-order chi connectivity index (χ1) is 12.1. The van der Waals surface area contributed by atoms with Gasteiger partial charge >= 0.3 is 5.97 Å². The van der Waals surface area contributed by atoms with Gasteiger partial charge in [0.15, 0.2) is 12.4 Å². The molecule has 0 aromatic rings. The molecule has 2 fully saturated rings. The fourth-order valence-electron chi connectivity index (χ4n) is 3.05. The summed E-state index contributed by atoms with van der Waals surface area (Å²) in [6.45, 7) is 0.355. The molecule has 0 aromatic heterocycles. The lowest BCUT2D eigenvalue weighted by Crippen LogP contribution is -2.68. The number of carbonyl (C=O) groups excluding carboxylic acids is 1. The van der Waals surface area contributed by atoms with Gasteiger partial charge in [-0.25, -0.2) is 0 Å². The van der Waals surface area contributed by atoms with E-state index in [-0.39, 0.29) is 0 Å². The fourth-order valence-corrected chi connectivity index (χ4v) is 3.05. The van der Waals surface area contributed by atoms with E-state index in [9.17, 15) is 40.5 Å². The van der Waals surface area contributed by atoms with Gasteiger partial charge in [0.05, 0.1) is 12.6 Å². The molecule has 2 aliphatic rings. The van der Waals surface area contributed by atoms with Crippen molar-refractivity contribution >= 4 is 5.97 Å². The summed E-state index contributed by atoms with van der Waals surface area (Å²) in [6.07, 6.45) is -16.2. The van der Waals surface area contributed by atoms with Crippen molar-refractivity contribution in [2.45, 2.75) is 74.2 Å². The second-order valence-electron chi connectivity index (χ2n) is 6.42. The van der Waals surface area contributed by atoms with Crippen LogP contribution in [0.4, 0.5) is 0 Å². The minimum atomic E-state index is -1.83. The molecular weight excluding hydrogens is 358 g/mol. The van der Waals surface area contributed by atoms with Crippen LogP contribution in [0.2, 0.25) is 0 Å². The Bertz CT molecular complexity index is 492. The topological polar surface area (TPSA) is 212 Å². The van der Waals surface area contributed by atoms with Gasteiger partial charge < -0.3 is 55.7 Å². The Labute approximate surface area is 148 Å². The number of carbonyl (C=O) groups is 1. The molecule has 0 radical (unpaired) electrons. The number of ether oxygens (including phenoxy) is 3. The lowest BCUT2D eigenvalue weighted by molar-refractivity contribution is -0.317. The Kier molecular flexibility index (Phi) is 6.90. The minimum Gasteiger partial charge on any atom is -0.457 e. The number of hydrogen-bond acceptors (Lipinski definition) is 12. The largest absolute Gasteiger partial charge is 0.457 e. The Morgan fingerprint density at radius 1 is 0.923 bits per heavy atom. The zero-order valence-electron chi connectivity index (χ0n) is 13.9. The summed E-state index contributed by atoms with van der Waals surface area (Å²) in [5.74, 6) is -0.851. The van der Waals surface area contributed by atoms with Crippen LogP contribution in [-0.2, 0) is 19.0 Å². The van der Waals surface area contributed by atoms with Crippen LogP contribution < -0.4 is 5.73 Å². The monoisotopic (exact) mass is 383 g/mol. The summed E-state index contributed by atoms with van der Waals surface area (Å²) in [5.41, 5.74) is 5.73. The highest BCUT2D eigenvalue weighted by atomic mass is 16.7. The van der Waals surface area contributed by atoms with E-state index in [4.69, 9.17) is 19.9 Å². The first-order valence-electron chi connectivity index (χ1n) is 8.03. The van der Waals surface area contributed by atoms with Crippen LogP contribution in [-0.4, -0.2) is 116 Å².